The number of nitrogens with one attached hydrogen (secondary N) is 1. The van der Waals surface area contributed by atoms with E-state index in [0.717, 1.165) is 30.6 Å². The lowest BCUT2D eigenvalue weighted by Gasteiger charge is -2.30. The minimum absolute atomic E-state index is 0.0430. The van der Waals surface area contributed by atoms with Gasteiger partial charge in [0, 0.05) is 23.8 Å². The molecule has 0 aromatic heterocycles. The molecular weight excluding hydrogens is 318 g/mol. The lowest BCUT2D eigenvalue weighted by atomic mass is 10.0. The summed E-state index contributed by atoms with van der Waals surface area (Å²) in [5.74, 6) is 0.509. The van der Waals surface area contributed by atoms with E-state index in [0.29, 0.717) is 30.6 Å². The van der Waals surface area contributed by atoms with E-state index in [4.69, 9.17) is 10.5 Å². The molecule has 3 N–H and O–H groups in total. The van der Waals surface area contributed by atoms with E-state index in [-0.39, 0.29) is 24.0 Å². The number of ether oxygens (including phenoxy) is 1. The third-order valence-corrected chi connectivity index (χ3v) is 5.40. The summed E-state index contributed by atoms with van der Waals surface area (Å²) in [4.78, 5) is 26.6. The van der Waals surface area contributed by atoms with Crippen LogP contribution in [0.5, 0.6) is 5.75 Å². The summed E-state index contributed by atoms with van der Waals surface area (Å²) in [5, 5.41) is 2.75. The Morgan fingerprint density at radius 2 is 2.08 bits per heavy atom. The number of hydrogen-bond donors (Lipinski definition) is 2. The van der Waals surface area contributed by atoms with E-state index < -0.39 is 6.04 Å². The van der Waals surface area contributed by atoms with Crippen molar-refractivity contribution in [2.75, 3.05) is 0 Å². The van der Waals surface area contributed by atoms with E-state index >= 15 is 0 Å². The quantitative estimate of drug-likeness (QED) is 0.876. The third kappa shape index (κ3) is 2.91. The number of amides is 2. The summed E-state index contributed by atoms with van der Waals surface area (Å²) in [6.45, 7) is 4.23. The first-order valence-electron chi connectivity index (χ1n) is 8.87. The largest absolute Gasteiger partial charge is 0.489 e. The van der Waals surface area contributed by atoms with Crippen LogP contribution in [-0.4, -0.2) is 34.9 Å². The molecule has 6 heteroatoms. The second-order valence-electron chi connectivity index (χ2n) is 7.15. The smallest absolute Gasteiger partial charge is 0.255 e. The molecule has 1 aliphatic carbocycles. The monoisotopic (exact) mass is 341 g/mol. The van der Waals surface area contributed by atoms with Crippen molar-refractivity contribution in [1.29, 1.82) is 0 Å². The summed E-state index contributed by atoms with van der Waals surface area (Å²) < 4.78 is 6.02. The Bertz CT molecular complexity index is 745. The number of allylic oxidation sites excluding steroid dienone is 1. The van der Waals surface area contributed by atoms with Crippen molar-refractivity contribution in [3.63, 3.8) is 0 Å². The average Bonchev–Trinajstić information content (AvgIpc) is 3.12. The number of carbonyl (C=O) groups is 2. The number of piperidine rings is 1. The first-order chi connectivity index (χ1) is 12.0. The highest BCUT2D eigenvalue weighted by Crippen LogP contribution is 2.32. The van der Waals surface area contributed by atoms with Gasteiger partial charge in [0.15, 0.2) is 0 Å². The Morgan fingerprint density at radius 1 is 1.24 bits per heavy atom. The van der Waals surface area contributed by atoms with Crippen molar-refractivity contribution in [3.05, 3.63) is 41.6 Å². The summed E-state index contributed by atoms with van der Waals surface area (Å²) in [7, 11) is 0. The van der Waals surface area contributed by atoms with Gasteiger partial charge < -0.3 is 20.7 Å². The topological polar surface area (TPSA) is 84.7 Å². The van der Waals surface area contributed by atoms with Crippen molar-refractivity contribution >= 4 is 11.8 Å². The van der Waals surface area contributed by atoms with Crippen molar-refractivity contribution in [3.8, 4) is 5.75 Å². The fourth-order valence-electron chi connectivity index (χ4n) is 3.98. The Balaban J connectivity index is 1.51. The maximum absolute atomic E-state index is 12.7. The summed E-state index contributed by atoms with van der Waals surface area (Å²) >= 11 is 0. The molecular formula is C19H23N3O3. The highest BCUT2D eigenvalue weighted by molar-refractivity contribution is 6.01. The van der Waals surface area contributed by atoms with E-state index in [2.05, 4.69) is 11.9 Å². The summed E-state index contributed by atoms with van der Waals surface area (Å²) in [5.41, 5.74) is 8.35. The second kappa shape index (κ2) is 6.19. The van der Waals surface area contributed by atoms with Crippen molar-refractivity contribution in [2.24, 2.45) is 5.73 Å². The number of nitrogens with zero attached hydrogens (tertiary/aromatic N) is 1. The highest BCUT2D eigenvalue weighted by atomic mass is 16.5. The fourth-order valence-corrected chi connectivity index (χ4v) is 3.98. The van der Waals surface area contributed by atoms with Gasteiger partial charge in [0.1, 0.15) is 17.9 Å². The van der Waals surface area contributed by atoms with Gasteiger partial charge in [-0.25, -0.2) is 0 Å². The Morgan fingerprint density at radius 3 is 2.80 bits per heavy atom. The van der Waals surface area contributed by atoms with Crippen LogP contribution in [0.3, 0.4) is 0 Å². The molecule has 2 aliphatic heterocycles. The minimum atomic E-state index is -0.432. The molecule has 0 bridgehead atoms. The van der Waals surface area contributed by atoms with Gasteiger partial charge in [-0.15, -0.1) is 0 Å². The SMILES string of the molecule is C=C1CCC(N2Cc3cc(O[C@@H]4CCC[C@H]4N)ccc3C2=O)C(=O)N1. The number of nitrogens with two attached hydrogens (primary N) is 1. The molecule has 1 saturated carbocycles. The Kier molecular flexibility index (Phi) is 4.00. The number of fused-ring (bicyclic) bond motifs is 1. The zero-order valence-electron chi connectivity index (χ0n) is 14.2. The van der Waals surface area contributed by atoms with Gasteiger partial charge in [-0.05, 0) is 55.9 Å². The van der Waals surface area contributed by atoms with E-state index in [9.17, 15) is 9.59 Å². The molecule has 0 spiro atoms. The number of rotatable bonds is 3. The number of benzene rings is 1. The predicted octanol–water partition coefficient (Wildman–Crippen LogP) is 1.69. The van der Waals surface area contributed by atoms with Crippen molar-refractivity contribution < 1.29 is 14.3 Å². The van der Waals surface area contributed by atoms with Gasteiger partial charge in [-0.1, -0.05) is 6.58 Å². The first-order valence-corrected chi connectivity index (χ1v) is 8.87. The van der Waals surface area contributed by atoms with Crippen LogP contribution >= 0.6 is 0 Å². The minimum Gasteiger partial charge on any atom is -0.489 e. The van der Waals surface area contributed by atoms with Crippen LogP contribution in [-0.2, 0) is 11.3 Å². The van der Waals surface area contributed by atoms with Crippen LogP contribution in [0, 0.1) is 0 Å². The van der Waals surface area contributed by atoms with E-state index in [1.807, 2.05) is 12.1 Å². The molecule has 1 aromatic rings. The fraction of sp³-hybridized carbons (Fsp3) is 0.474. The van der Waals surface area contributed by atoms with Gasteiger partial charge in [-0.2, -0.15) is 0 Å². The molecule has 1 saturated heterocycles. The average molecular weight is 341 g/mol. The molecule has 0 radical (unpaired) electrons. The molecule has 132 valence electrons. The molecule has 1 aromatic carbocycles. The normalized spacial score (nSPS) is 28.9. The van der Waals surface area contributed by atoms with Gasteiger partial charge in [0.2, 0.25) is 5.91 Å². The predicted molar refractivity (Wildman–Crippen MR) is 92.9 cm³/mol. The Labute approximate surface area is 147 Å². The standard InChI is InChI=1S/C19H23N3O3/c1-11-5-8-16(18(23)21-11)22-10-12-9-13(6-7-14(12)19(22)24)25-17-4-2-3-15(17)20/h6-7,9,15-17H,1-5,8,10,20H2,(H,21,23)/t15-,16?,17-/m1/s1. The van der Waals surface area contributed by atoms with Crippen molar-refractivity contribution in [2.45, 2.75) is 56.8 Å². The number of hydrogen-bond acceptors (Lipinski definition) is 4. The molecule has 2 amide bonds. The van der Waals surface area contributed by atoms with Crippen molar-refractivity contribution in [1.82, 2.24) is 10.2 Å². The molecule has 2 heterocycles. The molecule has 3 atom stereocenters. The van der Waals surface area contributed by atoms with Crippen LogP contribution in [0.4, 0.5) is 0 Å². The summed E-state index contributed by atoms with van der Waals surface area (Å²) in [6.07, 6.45) is 4.40. The van der Waals surface area contributed by atoms with Gasteiger partial charge in [0.05, 0.1) is 0 Å². The molecule has 2 fully saturated rings. The third-order valence-electron chi connectivity index (χ3n) is 5.40. The van der Waals surface area contributed by atoms with E-state index in [1.54, 1.807) is 11.0 Å². The molecule has 6 nitrogen and oxygen atoms in total. The van der Waals surface area contributed by atoms with Gasteiger partial charge in [-0.3, -0.25) is 9.59 Å². The molecule has 4 rings (SSSR count). The molecule has 25 heavy (non-hydrogen) atoms. The van der Waals surface area contributed by atoms with Gasteiger partial charge >= 0.3 is 0 Å². The highest BCUT2D eigenvalue weighted by Gasteiger charge is 2.38. The maximum atomic E-state index is 12.7. The maximum Gasteiger partial charge on any atom is 0.255 e. The number of carbonyl (C=O) groups excluding carboxylic acids is 2. The van der Waals surface area contributed by atoms with Crippen LogP contribution in [0.2, 0.25) is 0 Å². The molecule has 3 aliphatic rings. The second-order valence-corrected chi connectivity index (χ2v) is 7.15. The zero-order chi connectivity index (χ0) is 17.6. The van der Waals surface area contributed by atoms with Crippen LogP contribution in [0.1, 0.15) is 48.0 Å². The van der Waals surface area contributed by atoms with E-state index in [1.165, 1.54) is 0 Å². The molecule has 1 unspecified atom stereocenters. The van der Waals surface area contributed by atoms with Gasteiger partial charge in [0.25, 0.3) is 5.91 Å². The Hall–Kier alpha value is -2.34. The van der Waals surface area contributed by atoms with Crippen LogP contribution in [0.25, 0.3) is 0 Å². The lowest BCUT2D eigenvalue weighted by Crippen LogP contribution is -2.49. The lowest BCUT2D eigenvalue weighted by molar-refractivity contribution is -0.126. The van der Waals surface area contributed by atoms with Crippen LogP contribution < -0.4 is 15.8 Å². The zero-order valence-corrected chi connectivity index (χ0v) is 14.2. The van der Waals surface area contributed by atoms with Crippen LogP contribution in [0.15, 0.2) is 30.5 Å². The summed E-state index contributed by atoms with van der Waals surface area (Å²) in [6, 6.07) is 5.18. The first kappa shape index (κ1) is 16.1.